The lowest BCUT2D eigenvalue weighted by Crippen LogP contribution is -2.43. The van der Waals surface area contributed by atoms with E-state index in [1.54, 1.807) is 0 Å². The van der Waals surface area contributed by atoms with Crippen LogP contribution in [0, 0.1) is 0 Å². The lowest BCUT2D eigenvalue weighted by molar-refractivity contribution is -0.305. The molecular weight excluding hydrogens is 306 g/mol. The van der Waals surface area contributed by atoms with Crippen LogP contribution in [0.25, 0.3) is 0 Å². The van der Waals surface area contributed by atoms with Crippen molar-refractivity contribution in [2.45, 2.75) is 12.5 Å². The van der Waals surface area contributed by atoms with E-state index in [0.717, 1.165) is 0 Å². The van der Waals surface area contributed by atoms with Gasteiger partial charge in [-0.05, 0) is 24.6 Å². The van der Waals surface area contributed by atoms with Gasteiger partial charge in [0.15, 0.2) is 6.61 Å². The Hall–Kier alpha value is -3.10. The Morgan fingerprint density at radius 1 is 1.30 bits per heavy atom. The summed E-state index contributed by atoms with van der Waals surface area (Å²) in [6.07, 6.45) is 0. The topological polar surface area (TPSA) is 142 Å². The summed E-state index contributed by atoms with van der Waals surface area (Å²) in [6.45, 7) is 0.355. The van der Waals surface area contributed by atoms with Crippen LogP contribution >= 0.6 is 0 Å². The molecule has 23 heavy (non-hydrogen) atoms. The molecule has 0 radical (unpaired) electrons. The summed E-state index contributed by atoms with van der Waals surface area (Å²) in [7, 11) is 0. The first-order valence-corrected chi connectivity index (χ1v) is 6.59. The molecule has 3 N–H and O–H groups in total. The van der Waals surface area contributed by atoms with Crippen molar-refractivity contribution in [3.05, 3.63) is 29.8 Å². The number of amides is 4. The van der Waals surface area contributed by atoms with Gasteiger partial charge in [0.25, 0.3) is 11.8 Å². The predicted octanol–water partition coefficient (Wildman–Crippen LogP) is -1.93. The second kappa shape index (κ2) is 5.95. The number of hydrogen-bond acceptors (Lipinski definition) is 6. The van der Waals surface area contributed by atoms with Crippen LogP contribution < -0.4 is 20.9 Å². The van der Waals surface area contributed by atoms with Gasteiger partial charge in [-0.15, -0.1) is 0 Å². The van der Waals surface area contributed by atoms with Crippen LogP contribution in [-0.4, -0.2) is 41.9 Å². The number of carbonyl (C=O) groups is 4. The summed E-state index contributed by atoms with van der Waals surface area (Å²) in [5.41, 5.74) is 4.00. The molecular formula is C14H14N3O6-. The SMILES string of the molecule is C[C@@]1(c2ccc(OCC(N)=O)cc2)NC(=O)N(CC(=O)[O-])C1=O. The second-order valence-corrected chi connectivity index (χ2v) is 5.10. The molecule has 0 spiro atoms. The highest BCUT2D eigenvalue weighted by Gasteiger charge is 2.48. The molecule has 1 aromatic rings. The van der Waals surface area contributed by atoms with E-state index in [1.165, 1.54) is 31.2 Å². The molecule has 0 saturated carbocycles. The van der Waals surface area contributed by atoms with Crippen molar-refractivity contribution >= 4 is 23.8 Å². The first-order valence-electron chi connectivity index (χ1n) is 6.59. The fourth-order valence-electron chi connectivity index (χ4n) is 2.20. The maximum absolute atomic E-state index is 12.3. The Morgan fingerprint density at radius 2 is 1.91 bits per heavy atom. The Kier molecular flexibility index (Phi) is 4.21. The highest BCUT2D eigenvalue weighted by molar-refractivity contribution is 6.08. The zero-order chi connectivity index (χ0) is 17.2. The van der Waals surface area contributed by atoms with Crippen molar-refractivity contribution in [3.8, 4) is 5.75 Å². The first kappa shape index (κ1) is 16.3. The predicted molar refractivity (Wildman–Crippen MR) is 73.7 cm³/mol. The van der Waals surface area contributed by atoms with Crippen molar-refractivity contribution in [1.29, 1.82) is 0 Å². The quantitative estimate of drug-likeness (QED) is 0.584. The monoisotopic (exact) mass is 320 g/mol. The number of aliphatic carboxylic acids is 1. The number of carbonyl (C=O) groups excluding carboxylic acids is 4. The summed E-state index contributed by atoms with van der Waals surface area (Å²) in [5.74, 6) is -2.50. The summed E-state index contributed by atoms with van der Waals surface area (Å²) in [4.78, 5) is 46.0. The van der Waals surface area contributed by atoms with Crippen LogP contribution in [0.2, 0.25) is 0 Å². The molecule has 0 bridgehead atoms. The van der Waals surface area contributed by atoms with Gasteiger partial charge in [0.2, 0.25) is 0 Å². The molecule has 1 heterocycles. The third-order valence-electron chi connectivity index (χ3n) is 3.37. The normalized spacial score (nSPS) is 20.3. The Labute approximate surface area is 131 Å². The Bertz CT molecular complexity index is 672. The van der Waals surface area contributed by atoms with E-state index < -0.39 is 35.9 Å². The number of nitrogens with one attached hydrogen (secondary N) is 1. The molecule has 0 unspecified atom stereocenters. The van der Waals surface area contributed by atoms with E-state index >= 15 is 0 Å². The highest BCUT2D eigenvalue weighted by atomic mass is 16.5. The minimum atomic E-state index is -1.53. The molecule has 9 heteroatoms. The van der Waals surface area contributed by atoms with Gasteiger partial charge in [-0.3, -0.25) is 14.5 Å². The van der Waals surface area contributed by atoms with Crippen LogP contribution in [-0.2, 0) is 19.9 Å². The van der Waals surface area contributed by atoms with E-state index in [4.69, 9.17) is 10.5 Å². The molecule has 0 aromatic heterocycles. The average Bonchev–Trinajstić information content (AvgIpc) is 2.70. The largest absolute Gasteiger partial charge is 0.548 e. The van der Waals surface area contributed by atoms with E-state index in [2.05, 4.69) is 5.32 Å². The fourth-order valence-corrected chi connectivity index (χ4v) is 2.20. The minimum Gasteiger partial charge on any atom is -0.548 e. The summed E-state index contributed by atoms with van der Waals surface area (Å²) in [5, 5.41) is 13.1. The number of rotatable bonds is 6. The van der Waals surface area contributed by atoms with Gasteiger partial charge in [0, 0.05) is 0 Å². The standard InChI is InChI=1S/C14H15N3O6/c1-14(12(21)17(6-11(19)20)13(22)16-14)8-2-4-9(5-3-8)23-7-10(15)18/h2-5H,6-7H2,1H3,(H2,15,18)(H,16,22)(H,19,20)/p-1/t14-/m0/s1. The molecule has 9 nitrogen and oxygen atoms in total. The lowest BCUT2D eigenvalue weighted by Gasteiger charge is -2.22. The molecule has 1 aromatic carbocycles. The molecule has 2 rings (SSSR count). The summed E-state index contributed by atoms with van der Waals surface area (Å²) in [6, 6.07) is 5.25. The van der Waals surface area contributed by atoms with Crippen molar-refractivity contribution in [2.24, 2.45) is 5.73 Å². The maximum Gasteiger partial charge on any atom is 0.325 e. The Balaban J connectivity index is 2.20. The first-order chi connectivity index (χ1) is 10.7. The lowest BCUT2D eigenvalue weighted by atomic mass is 9.92. The van der Waals surface area contributed by atoms with Gasteiger partial charge < -0.3 is 25.7 Å². The smallest absolute Gasteiger partial charge is 0.325 e. The number of nitrogens with two attached hydrogens (primary N) is 1. The fraction of sp³-hybridized carbons (Fsp3) is 0.286. The minimum absolute atomic E-state index is 0.286. The van der Waals surface area contributed by atoms with Crippen LogP contribution in [0.4, 0.5) is 4.79 Å². The van der Waals surface area contributed by atoms with Crippen LogP contribution in [0.15, 0.2) is 24.3 Å². The number of imide groups is 1. The number of carboxylic acid groups (broad SMARTS) is 1. The summed E-state index contributed by atoms with van der Waals surface area (Å²) >= 11 is 0. The van der Waals surface area contributed by atoms with Gasteiger partial charge in [0.05, 0.1) is 12.5 Å². The van der Waals surface area contributed by atoms with Gasteiger partial charge in [-0.25, -0.2) is 4.79 Å². The highest BCUT2D eigenvalue weighted by Crippen LogP contribution is 2.29. The second-order valence-electron chi connectivity index (χ2n) is 5.10. The average molecular weight is 320 g/mol. The molecule has 1 saturated heterocycles. The number of nitrogens with zero attached hydrogens (tertiary/aromatic N) is 1. The van der Waals surface area contributed by atoms with E-state index in [9.17, 15) is 24.3 Å². The van der Waals surface area contributed by atoms with E-state index in [0.29, 0.717) is 16.2 Å². The maximum atomic E-state index is 12.3. The zero-order valence-corrected chi connectivity index (χ0v) is 12.2. The zero-order valence-electron chi connectivity index (χ0n) is 12.2. The number of hydrogen-bond donors (Lipinski definition) is 2. The molecule has 1 aliphatic heterocycles. The van der Waals surface area contributed by atoms with Crippen LogP contribution in [0.1, 0.15) is 12.5 Å². The van der Waals surface area contributed by atoms with Gasteiger partial charge in [-0.1, -0.05) is 12.1 Å². The molecule has 0 aliphatic carbocycles. The number of primary amides is 1. The van der Waals surface area contributed by atoms with Crippen molar-refractivity contribution < 1.29 is 29.0 Å². The molecule has 1 atom stereocenters. The number of benzene rings is 1. The van der Waals surface area contributed by atoms with Gasteiger partial charge >= 0.3 is 6.03 Å². The van der Waals surface area contributed by atoms with Crippen molar-refractivity contribution in [3.63, 3.8) is 0 Å². The summed E-state index contributed by atoms with van der Waals surface area (Å²) < 4.78 is 5.10. The molecule has 4 amide bonds. The Morgan fingerprint density at radius 3 is 2.43 bits per heavy atom. The van der Waals surface area contributed by atoms with Gasteiger partial charge in [0.1, 0.15) is 11.3 Å². The molecule has 122 valence electrons. The number of ether oxygens (including phenoxy) is 1. The third-order valence-corrected chi connectivity index (χ3v) is 3.37. The van der Waals surface area contributed by atoms with Crippen molar-refractivity contribution in [2.75, 3.05) is 13.2 Å². The van der Waals surface area contributed by atoms with Gasteiger partial charge in [-0.2, -0.15) is 0 Å². The van der Waals surface area contributed by atoms with E-state index in [1.807, 2.05) is 0 Å². The molecule has 1 aliphatic rings. The van der Waals surface area contributed by atoms with E-state index in [-0.39, 0.29) is 6.61 Å². The van der Waals surface area contributed by atoms with Crippen molar-refractivity contribution in [1.82, 2.24) is 10.2 Å². The van der Waals surface area contributed by atoms with Crippen LogP contribution in [0.3, 0.4) is 0 Å². The third kappa shape index (κ3) is 3.23. The number of carboxylic acids is 1. The number of urea groups is 1. The van der Waals surface area contributed by atoms with Crippen LogP contribution in [0.5, 0.6) is 5.75 Å². The molecule has 1 fully saturated rings.